The highest BCUT2D eigenvalue weighted by atomic mass is 32.2. The van der Waals surface area contributed by atoms with Crippen LogP contribution in [0.3, 0.4) is 0 Å². The summed E-state index contributed by atoms with van der Waals surface area (Å²) in [5.41, 5.74) is 2.78. The minimum absolute atomic E-state index is 0.0493. The topological polar surface area (TPSA) is 49.7 Å². The first kappa shape index (κ1) is 15.8. The van der Waals surface area contributed by atoms with Crippen molar-refractivity contribution in [3.63, 3.8) is 0 Å². The molecule has 0 amide bonds. The molecule has 4 nitrogen and oxygen atoms in total. The van der Waals surface area contributed by atoms with Gasteiger partial charge in [-0.2, -0.15) is 0 Å². The van der Waals surface area contributed by atoms with Gasteiger partial charge >= 0.3 is 0 Å². The molecule has 0 fully saturated rings. The van der Waals surface area contributed by atoms with Gasteiger partial charge in [0.25, 0.3) is 10.0 Å². The second-order valence-corrected chi connectivity index (χ2v) is 7.61. The van der Waals surface area contributed by atoms with Gasteiger partial charge in [0.15, 0.2) is 0 Å². The molecule has 0 bridgehead atoms. The summed E-state index contributed by atoms with van der Waals surface area (Å²) in [5.74, 6) is 0.00488. The zero-order valence-corrected chi connectivity index (χ0v) is 14.1. The Morgan fingerprint density at radius 2 is 1.84 bits per heavy atom. The molecule has 25 heavy (non-hydrogen) atoms. The maximum absolute atomic E-state index is 14.6. The molecule has 4 rings (SSSR count). The van der Waals surface area contributed by atoms with Gasteiger partial charge in [0, 0.05) is 23.4 Å². The highest BCUT2D eigenvalue weighted by Gasteiger charge is 2.27. The van der Waals surface area contributed by atoms with E-state index in [4.69, 9.17) is 0 Å². The van der Waals surface area contributed by atoms with Crippen molar-refractivity contribution in [2.75, 3.05) is 12.3 Å². The molecule has 0 unspecified atom stereocenters. The Bertz CT molecular complexity index is 1020. The molecule has 0 atom stereocenters. The molecule has 0 radical (unpaired) electrons. The molecule has 2 aromatic carbocycles. The molecule has 2 aromatic rings. The number of benzene rings is 2. The van der Waals surface area contributed by atoms with Gasteiger partial charge in [-0.1, -0.05) is 48.5 Å². The predicted molar refractivity (Wildman–Crippen MR) is 96.9 cm³/mol. The van der Waals surface area contributed by atoms with Gasteiger partial charge in [-0.25, -0.2) is 12.8 Å². The quantitative estimate of drug-likeness (QED) is 0.830. The Balaban J connectivity index is 1.73. The van der Waals surface area contributed by atoms with Crippen molar-refractivity contribution in [1.82, 2.24) is 4.90 Å². The fraction of sp³-hybridized carbons (Fsp3) is 0.105. The number of nitrogens with zero attached hydrogens (tertiary/aromatic N) is 2. The van der Waals surface area contributed by atoms with Gasteiger partial charge in [-0.3, -0.25) is 0 Å². The molecule has 0 saturated heterocycles. The van der Waals surface area contributed by atoms with Crippen LogP contribution in [0.5, 0.6) is 0 Å². The Morgan fingerprint density at radius 1 is 1.04 bits per heavy atom. The van der Waals surface area contributed by atoms with Crippen molar-refractivity contribution >= 4 is 21.6 Å². The van der Waals surface area contributed by atoms with Crippen molar-refractivity contribution in [2.45, 2.75) is 0 Å². The Hall–Kier alpha value is -2.73. The Morgan fingerprint density at radius 3 is 2.60 bits per heavy atom. The monoisotopic (exact) mass is 354 g/mol. The number of halogens is 1. The van der Waals surface area contributed by atoms with Crippen LogP contribution < -0.4 is 0 Å². The molecule has 2 aliphatic heterocycles. The highest BCUT2D eigenvalue weighted by Crippen LogP contribution is 2.30. The van der Waals surface area contributed by atoms with Crippen LogP contribution in [0.2, 0.25) is 0 Å². The lowest BCUT2D eigenvalue weighted by Gasteiger charge is -2.31. The minimum Gasteiger partial charge on any atom is -0.324 e. The molecule has 0 aliphatic carbocycles. The third-order valence-corrected chi connectivity index (χ3v) is 5.39. The molecule has 6 heteroatoms. The molecule has 2 heterocycles. The molecular weight excluding hydrogens is 339 g/mol. The number of hydrogen-bond donors (Lipinski definition) is 0. The van der Waals surface area contributed by atoms with E-state index in [-0.39, 0.29) is 11.6 Å². The van der Waals surface area contributed by atoms with Gasteiger partial charge in [0.2, 0.25) is 0 Å². The first-order valence-electron chi connectivity index (χ1n) is 7.87. The van der Waals surface area contributed by atoms with E-state index in [1.54, 1.807) is 23.1 Å². The van der Waals surface area contributed by atoms with Crippen molar-refractivity contribution in [1.29, 1.82) is 0 Å². The van der Waals surface area contributed by atoms with E-state index in [0.717, 1.165) is 11.3 Å². The molecule has 2 aliphatic rings. The summed E-state index contributed by atoms with van der Waals surface area (Å²) in [5, 5.41) is 0. The number of allylic oxidation sites excluding steroid dienone is 2. The maximum atomic E-state index is 14.6. The predicted octanol–water partition coefficient (Wildman–Crippen LogP) is 3.45. The summed E-state index contributed by atoms with van der Waals surface area (Å²) in [4.78, 5) is 1.80. The first-order valence-corrected chi connectivity index (χ1v) is 9.48. The van der Waals surface area contributed by atoms with E-state index in [1.807, 2.05) is 42.5 Å². The first-order chi connectivity index (χ1) is 12.0. The molecule has 0 N–H and O–H groups in total. The van der Waals surface area contributed by atoms with E-state index in [0.29, 0.717) is 23.5 Å². The largest absolute Gasteiger partial charge is 0.324 e. The summed E-state index contributed by atoms with van der Waals surface area (Å²) in [6.45, 7) is 0.305. The van der Waals surface area contributed by atoms with Crippen LogP contribution in [0.4, 0.5) is 4.39 Å². The van der Waals surface area contributed by atoms with Crippen LogP contribution in [0.15, 0.2) is 71.2 Å². The molecular formula is C19H15FN2O2S. The van der Waals surface area contributed by atoms with Crippen LogP contribution in [-0.4, -0.2) is 31.5 Å². The Kier molecular flexibility index (Phi) is 3.77. The van der Waals surface area contributed by atoms with Gasteiger partial charge in [0.05, 0.1) is 5.75 Å². The third kappa shape index (κ3) is 3.00. The average molecular weight is 354 g/mol. The van der Waals surface area contributed by atoms with Crippen molar-refractivity contribution in [2.24, 2.45) is 4.40 Å². The number of rotatable bonds is 2. The fourth-order valence-electron chi connectivity index (χ4n) is 3.02. The SMILES string of the molecule is O=S1(=O)CCN2C(c3ccc(-c4ccccc4)c(F)c3)=CC=CC2=N1. The van der Waals surface area contributed by atoms with Gasteiger partial charge in [0.1, 0.15) is 11.7 Å². The van der Waals surface area contributed by atoms with Crippen LogP contribution in [0.1, 0.15) is 5.56 Å². The maximum Gasteiger partial charge on any atom is 0.256 e. The molecule has 0 spiro atoms. The van der Waals surface area contributed by atoms with Gasteiger partial charge < -0.3 is 4.90 Å². The average Bonchev–Trinajstić information content (AvgIpc) is 2.61. The standard InChI is InChI=1S/C19H15FN2O2S/c20-17-13-15(9-10-16(17)14-5-2-1-3-6-14)18-7-4-8-19-21-25(23,24)12-11-22(18)19/h1-10,13H,11-12H2. The number of sulfonamides is 1. The van der Waals surface area contributed by atoms with E-state index in [2.05, 4.69) is 4.40 Å². The lowest BCUT2D eigenvalue weighted by atomic mass is 10.0. The Labute approximate surface area is 145 Å². The number of fused-ring (bicyclic) bond motifs is 1. The zero-order chi connectivity index (χ0) is 17.4. The normalized spacial score (nSPS) is 18.4. The second-order valence-electron chi connectivity index (χ2n) is 5.86. The van der Waals surface area contributed by atoms with E-state index < -0.39 is 10.0 Å². The van der Waals surface area contributed by atoms with Gasteiger partial charge in [-0.15, -0.1) is 4.40 Å². The summed E-state index contributed by atoms with van der Waals surface area (Å²) >= 11 is 0. The smallest absolute Gasteiger partial charge is 0.256 e. The summed E-state index contributed by atoms with van der Waals surface area (Å²) in [6.07, 6.45) is 5.22. The van der Waals surface area contributed by atoms with Crippen molar-refractivity contribution in [3.8, 4) is 11.1 Å². The van der Waals surface area contributed by atoms with Gasteiger partial charge in [-0.05, 0) is 23.8 Å². The summed E-state index contributed by atoms with van der Waals surface area (Å²) < 4.78 is 41.8. The summed E-state index contributed by atoms with van der Waals surface area (Å²) in [7, 11) is -3.42. The third-order valence-electron chi connectivity index (χ3n) is 4.22. The van der Waals surface area contributed by atoms with E-state index >= 15 is 0 Å². The van der Waals surface area contributed by atoms with Crippen LogP contribution >= 0.6 is 0 Å². The fourth-order valence-corrected chi connectivity index (χ4v) is 3.97. The minimum atomic E-state index is -3.42. The summed E-state index contributed by atoms with van der Waals surface area (Å²) in [6, 6.07) is 14.4. The van der Waals surface area contributed by atoms with Crippen molar-refractivity contribution < 1.29 is 12.8 Å². The zero-order valence-electron chi connectivity index (χ0n) is 13.3. The number of hydrogen-bond acceptors (Lipinski definition) is 3. The number of amidine groups is 1. The van der Waals surface area contributed by atoms with Crippen LogP contribution in [-0.2, 0) is 10.0 Å². The van der Waals surface area contributed by atoms with Crippen LogP contribution in [0.25, 0.3) is 16.8 Å². The second kappa shape index (κ2) is 5.97. The van der Waals surface area contributed by atoms with E-state index in [1.165, 1.54) is 6.07 Å². The molecule has 0 saturated carbocycles. The molecule has 126 valence electrons. The lowest BCUT2D eigenvalue weighted by Crippen LogP contribution is -2.38. The van der Waals surface area contributed by atoms with Crippen molar-refractivity contribution in [3.05, 3.63) is 78.1 Å². The van der Waals surface area contributed by atoms with Crippen LogP contribution in [0, 0.1) is 5.82 Å². The lowest BCUT2D eigenvalue weighted by molar-refractivity contribution is 0.560. The highest BCUT2D eigenvalue weighted by molar-refractivity contribution is 7.90. The molecule has 0 aromatic heterocycles. The van der Waals surface area contributed by atoms with E-state index in [9.17, 15) is 12.8 Å².